The number of esters is 3. The van der Waals surface area contributed by atoms with Gasteiger partial charge in [0, 0.05) is 19.3 Å². The third-order valence-electron chi connectivity index (χ3n) is 12.4. The van der Waals surface area contributed by atoms with Gasteiger partial charge in [-0.3, -0.25) is 14.4 Å². The van der Waals surface area contributed by atoms with E-state index in [2.05, 4.69) is 34.6 Å². The molecule has 0 bridgehead atoms. The molecule has 0 saturated heterocycles. The number of unbranched alkanes of at least 4 members (excludes halogenated alkanes) is 29. The smallest absolute Gasteiger partial charge is 0.306 e. The van der Waals surface area contributed by atoms with Crippen LogP contribution in [-0.4, -0.2) is 37.2 Å². The highest BCUT2D eigenvalue weighted by Crippen LogP contribution is 2.18. The molecule has 0 heterocycles. The quantitative estimate of drug-likeness (QED) is 0.0346. The molecule has 6 nitrogen and oxygen atoms in total. The van der Waals surface area contributed by atoms with Gasteiger partial charge in [0.2, 0.25) is 0 Å². The van der Waals surface area contributed by atoms with Gasteiger partial charge in [-0.05, 0) is 31.1 Å². The monoisotopic (exact) mass is 821 g/mol. The highest BCUT2D eigenvalue weighted by Gasteiger charge is 2.19. The van der Waals surface area contributed by atoms with Crippen LogP contribution in [0.1, 0.15) is 285 Å². The van der Waals surface area contributed by atoms with Crippen molar-refractivity contribution >= 4 is 17.9 Å². The summed E-state index contributed by atoms with van der Waals surface area (Å²) in [5.74, 6) is 0.857. The Bertz CT molecular complexity index is 889. The molecule has 0 rings (SSSR count). The molecule has 0 aromatic carbocycles. The first-order valence-corrected chi connectivity index (χ1v) is 25.8. The number of carbonyl (C=O) groups is 3. The Morgan fingerprint density at radius 1 is 0.345 bits per heavy atom. The number of carbonyl (C=O) groups excluding carboxylic acids is 3. The molecule has 2 unspecified atom stereocenters. The maximum Gasteiger partial charge on any atom is 0.306 e. The molecule has 0 fully saturated rings. The first-order valence-electron chi connectivity index (χ1n) is 25.8. The predicted molar refractivity (Wildman–Crippen MR) is 247 cm³/mol. The summed E-state index contributed by atoms with van der Waals surface area (Å²) >= 11 is 0. The number of ether oxygens (including phenoxy) is 3. The summed E-state index contributed by atoms with van der Waals surface area (Å²) in [6, 6.07) is 0. The van der Waals surface area contributed by atoms with Crippen molar-refractivity contribution in [3.8, 4) is 0 Å². The Kier molecular flexibility index (Phi) is 43.7. The Labute approximate surface area is 361 Å². The van der Waals surface area contributed by atoms with Gasteiger partial charge in [-0.2, -0.15) is 0 Å². The van der Waals surface area contributed by atoms with Gasteiger partial charge >= 0.3 is 17.9 Å². The summed E-state index contributed by atoms with van der Waals surface area (Å²) in [7, 11) is 0. The third kappa shape index (κ3) is 42.5. The zero-order chi connectivity index (χ0) is 42.6. The van der Waals surface area contributed by atoms with E-state index in [1.807, 2.05) is 0 Å². The molecular formula is C52H100O6. The maximum absolute atomic E-state index is 12.8. The van der Waals surface area contributed by atoms with Gasteiger partial charge in [0.05, 0.1) is 0 Å². The van der Waals surface area contributed by atoms with Crippen LogP contribution in [0.25, 0.3) is 0 Å². The van der Waals surface area contributed by atoms with Crippen LogP contribution in [0.15, 0.2) is 0 Å². The molecule has 0 aliphatic heterocycles. The van der Waals surface area contributed by atoms with E-state index in [1.165, 1.54) is 173 Å². The van der Waals surface area contributed by atoms with E-state index in [0.717, 1.165) is 69.6 Å². The topological polar surface area (TPSA) is 78.9 Å². The van der Waals surface area contributed by atoms with E-state index in [-0.39, 0.29) is 31.1 Å². The number of hydrogen-bond acceptors (Lipinski definition) is 6. The molecule has 0 aliphatic carbocycles. The largest absolute Gasteiger partial charge is 0.462 e. The summed E-state index contributed by atoms with van der Waals surface area (Å²) in [6.07, 6.45) is 45.1. The molecule has 0 amide bonds. The molecule has 0 spiro atoms. The fourth-order valence-electron chi connectivity index (χ4n) is 7.75. The summed E-state index contributed by atoms with van der Waals surface area (Å²) in [5, 5.41) is 0. The first-order chi connectivity index (χ1) is 28.3. The predicted octanol–water partition coefficient (Wildman–Crippen LogP) is 16.5. The van der Waals surface area contributed by atoms with E-state index < -0.39 is 6.10 Å². The van der Waals surface area contributed by atoms with Gasteiger partial charge < -0.3 is 14.2 Å². The first kappa shape index (κ1) is 56.4. The summed E-state index contributed by atoms with van der Waals surface area (Å²) in [5.41, 5.74) is 0. The van der Waals surface area contributed by atoms with Crippen molar-refractivity contribution in [3.63, 3.8) is 0 Å². The van der Waals surface area contributed by atoms with Crippen molar-refractivity contribution in [2.24, 2.45) is 11.8 Å². The van der Waals surface area contributed by atoms with Crippen LogP contribution in [0, 0.1) is 11.8 Å². The summed E-state index contributed by atoms with van der Waals surface area (Å²) in [4.78, 5) is 37.9. The van der Waals surface area contributed by atoms with Gasteiger partial charge in [0.1, 0.15) is 13.2 Å². The van der Waals surface area contributed by atoms with Gasteiger partial charge in [0.25, 0.3) is 0 Å². The van der Waals surface area contributed by atoms with E-state index in [4.69, 9.17) is 14.2 Å². The van der Waals surface area contributed by atoms with Crippen molar-refractivity contribution in [2.75, 3.05) is 13.2 Å². The zero-order valence-corrected chi connectivity index (χ0v) is 39.7. The van der Waals surface area contributed by atoms with Crippen LogP contribution in [0.2, 0.25) is 0 Å². The van der Waals surface area contributed by atoms with E-state index in [1.54, 1.807) is 0 Å². The SMILES string of the molecule is CCCCCCCCCCCCCCC(=O)OC[C@H](COC(=O)CCCCCCCCC(C)CC)OC(=O)CCCCCCCCCCCCCCCCC(C)CC. The maximum atomic E-state index is 12.8. The van der Waals surface area contributed by atoms with Gasteiger partial charge in [0.15, 0.2) is 6.10 Å². The normalized spacial score (nSPS) is 13.0. The molecule has 0 aromatic heterocycles. The lowest BCUT2D eigenvalue weighted by Crippen LogP contribution is -2.30. The molecule has 0 N–H and O–H groups in total. The molecule has 0 radical (unpaired) electrons. The zero-order valence-electron chi connectivity index (χ0n) is 39.7. The van der Waals surface area contributed by atoms with E-state index in [9.17, 15) is 14.4 Å². The molecule has 3 atom stereocenters. The molecule has 58 heavy (non-hydrogen) atoms. The lowest BCUT2D eigenvalue weighted by molar-refractivity contribution is -0.167. The van der Waals surface area contributed by atoms with Gasteiger partial charge in [-0.15, -0.1) is 0 Å². The van der Waals surface area contributed by atoms with Crippen LogP contribution in [0.3, 0.4) is 0 Å². The fraction of sp³-hybridized carbons (Fsp3) is 0.942. The van der Waals surface area contributed by atoms with E-state index in [0.29, 0.717) is 19.3 Å². The average molecular weight is 821 g/mol. The highest BCUT2D eigenvalue weighted by atomic mass is 16.6. The lowest BCUT2D eigenvalue weighted by Gasteiger charge is -2.18. The van der Waals surface area contributed by atoms with Crippen molar-refractivity contribution in [2.45, 2.75) is 291 Å². The Balaban J connectivity index is 4.29. The molecule has 0 saturated carbocycles. The standard InChI is InChI=1S/C52H100O6/c1-6-9-10-11-12-13-14-20-23-26-32-37-42-50(53)56-45-49(46-57-51(54)43-38-33-29-28-31-36-41-48(5)8-3)58-52(55)44-39-34-27-24-21-18-16-15-17-19-22-25-30-35-40-47(4)7-2/h47-49H,6-46H2,1-5H3/t47?,48?,49-/m1/s1. The number of hydrogen-bond donors (Lipinski definition) is 0. The summed E-state index contributed by atoms with van der Waals surface area (Å²) < 4.78 is 16.8. The van der Waals surface area contributed by atoms with Crippen LogP contribution in [0.4, 0.5) is 0 Å². The minimum absolute atomic E-state index is 0.0643. The van der Waals surface area contributed by atoms with Crippen LogP contribution in [0.5, 0.6) is 0 Å². The van der Waals surface area contributed by atoms with Crippen molar-refractivity contribution in [3.05, 3.63) is 0 Å². The van der Waals surface area contributed by atoms with Crippen molar-refractivity contribution < 1.29 is 28.6 Å². The van der Waals surface area contributed by atoms with E-state index >= 15 is 0 Å². The Morgan fingerprint density at radius 3 is 0.897 bits per heavy atom. The van der Waals surface area contributed by atoms with Gasteiger partial charge in [-0.25, -0.2) is 0 Å². The van der Waals surface area contributed by atoms with Crippen LogP contribution < -0.4 is 0 Å². The molecule has 0 aromatic rings. The van der Waals surface area contributed by atoms with Gasteiger partial charge in [-0.1, -0.05) is 247 Å². The Hall–Kier alpha value is -1.59. The minimum atomic E-state index is -0.762. The molecule has 344 valence electrons. The van der Waals surface area contributed by atoms with Crippen LogP contribution in [-0.2, 0) is 28.6 Å². The molecule has 0 aliphatic rings. The van der Waals surface area contributed by atoms with Crippen molar-refractivity contribution in [1.82, 2.24) is 0 Å². The second-order valence-electron chi connectivity index (χ2n) is 18.3. The highest BCUT2D eigenvalue weighted by molar-refractivity contribution is 5.71. The third-order valence-corrected chi connectivity index (χ3v) is 12.4. The van der Waals surface area contributed by atoms with Crippen LogP contribution >= 0.6 is 0 Å². The number of rotatable bonds is 46. The lowest BCUT2D eigenvalue weighted by atomic mass is 9.99. The minimum Gasteiger partial charge on any atom is -0.462 e. The fourth-order valence-corrected chi connectivity index (χ4v) is 7.75. The average Bonchev–Trinajstić information content (AvgIpc) is 3.22. The Morgan fingerprint density at radius 2 is 0.603 bits per heavy atom. The second-order valence-corrected chi connectivity index (χ2v) is 18.3. The van der Waals surface area contributed by atoms with Crippen molar-refractivity contribution in [1.29, 1.82) is 0 Å². The summed E-state index contributed by atoms with van der Waals surface area (Å²) in [6.45, 7) is 11.4. The second kappa shape index (κ2) is 44.9. The molecule has 6 heteroatoms. The molecular weight excluding hydrogens is 721 g/mol.